The summed E-state index contributed by atoms with van der Waals surface area (Å²) in [4.78, 5) is 11.3. The van der Waals surface area contributed by atoms with Crippen molar-refractivity contribution in [2.24, 2.45) is 0 Å². The fourth-order valence-electron chi connectivity index (χ4n) is 1.16. The molecule has 1 heterocycles. The number of hydrogen-bond donors (Lipinski definition) is 0. The van der Waals surface area contributed by atoms with E-state index in [2.05, 4.69) is 9.47 Å². The molecule has 0 bridgehead atoms. The summed E-state index contributed by atoms with van der Waals surface area (Å²) in [6.07, 6.45) is -0.961. The van der Waals surface area contributed by atoms with Gasteiger partial charge in [-0.2, -0.15) is 4.39 Å². The molecule has 1 aromatic carbocycles. The number of rotatable bonds is 2. The van der Waals surface area contributed by atoms with Gasteiger partial charge in [-0.15, -0.1) is 0 Å². The molecule has 3 nitrogen and oxygen atoms in total. The van der Waals surface area contributed by atoms with Crippen LogP contribution < -0.4 is 0 Å². The van der Waals surface area contributed by atoms with Crippen LogP contribution in [0.15, 0.2) is 29.2 Å². The van der Waals surface area contributed by atoms with Crippen LogP contribution in [-0.4, -0.2) is 17.9 Å². The number of ether oxygens (including phenoxy) is 2. The predicted octanol–water partition coefficient (Wildman–Crippen LogP) is 2.88. The number of hydrogen-bond acceptors (Lipinski definition) is 4. The van der Waals surface area contributed by atoms with E-state index in [1.807, 2.05) is 19.1 Å². The van der Waals surface area contributed by atoms with E-state index < -0.39 is 11.3 Å². The number of cyclic esters (lactones) is 2. The van der Waals surface area contributed by atoms with Crippen molar-refractivity contribution in [3.63, 3.8) is 0 Å². The predicted molar refractivity (Wildman–Crippen MR) is 53.3 cm³/mol. The van der Waals surface area contributed by atoms with Crippen molar-refractivity contribution >= 4 is 17.9 Å². The van der Waals surface area contributed by atoms with E-state index in [0.717, 1.165) is 17.3 Å². The van der Waals surface area contributed by atoms with Crippen LogP contribution in [0.25, 0.3) is 0 Å². The quantitative estimate of drug-likeness (QED) is 0.729. The Labute approximate surface area is 90.6 Å². The zero-order chi connectivity index (χ0) is 10.9. The van der Waals surface area contributed by atoms with E-state index in [4.69, 9.17) is 0 Å². The summed E-state index contributed by atoms with van der Waals surface area (Å²) in [6.45, 7) is 1.57. The normalized spacial score (nSPS) is 24.8. The summed E-state index contributed by atoms with van der Waals surface area (Å²) in [5, 5.41) is -2.09. The highest BCUT2D eigenvalue weighted by Gasteiger charge is 2.44. The highest BCUT2D eigenvalue weighted by atomic mass is 32.2. The molecule has 5 heteroatoms. The van der Waals surface area contributed by atoms with E-state index >= 15 is 0 Å². The lowest BCUT2D eigenvalue weighted by atomic mass is 10.2. The van der Waals surface area contributed by atoms with E-state index in [0.29, 0.717) is 4.90 Å². The molecule has 0 aliphatic carbocycles. The molecule has 0 aromatic heterocycles. The van der Waals surface area contributed by atoms with Crippen LogP contribution in [0.4, 0.5) is 9.18 Å². The number of carbonyl (C=O) groups is 1. The number of halogens is 1. The van der Waals surface area contributed by atoms with Gasteiger partial charge in [0.15, 0.2) is 6.61 Å². The molecule has 2 rings (SSSR count). The van der Waals surface area contributed by atoms with Gasteiger partial charge in [0.25, 0.3) is 0 Å². The first-order valence-electron chi connectivity index (χ1n) is 4.38. The van der Waals surface area contributed by atoms with Crippen molar-refractivity contribution < 1.29 is 18.7 Å². The van der Waals surface area contributed by atoms with Gasteiger partial charge in [-0.1, -0.05) is 17.7 Å². The summed E-state index contributed by atoms with van der Waals surface area (Å²) in [5.41, 5.74) is 1.09. The molecule has 80 valence electrons. The standard InChI is InChI=1S/C10H9FO3S/c1-7-2-4-8(5-3-7)15-10(11)6-13-9(12)14-10/h2-5H,6H2,1H3. The van der Waals surface area contributed by atoms with Crippen LogP contribution in [0.1, 0.15) is 5.56 Å². The van der Waals surface area contributed by atoms with Crippen molar-refractivity contribution in [2.75, 3.05) is 6.61 Å². The molecule has 0 N–H and O–H groups in total. The van der Waals surface area contributed by atoms with Crippen LogP contribution in [0.3, 0.4) is 0 Å². The summed E-state index contributed by atoms with van der Waals surface area (Å²) >= 11 is 0.831. The number of aryl methyl sites for hydroxylation is 1. The second-order valence-corrected chi connectivity index (χ2v) is 4.50. The molecule has 1 saturated heterocycles. The molecule has 1 aromatic rings. The van der Waals surface area contributed by atoms with Crippen molar-refractivity contribution in [2.45, 2.75) is 17.0 Å². The smallest absolute Gasteiger partial charge is 0.426 e. The van der Waals surface area contributed by atoms with Crippen LogP contribution in [0, 0.1) is 6.92 Å². The van der Waals surface area contributed by atoms with Crippen molar-refractivity contribution in [1.29, 1.82) is 0 Å². The summed E-state index contributed by atoms with van der Waals surface area (Å²) in [7, 11) is 0. The van der Waals surface area contributed by atoms with E-state index in [1.54, 1.807) is 12.1 Å². The third-order valence-electron chi connectivity index (χ3n) is 1.89. The second kappa shape index (κ2) is 3.73. The maximum absolute atomic E-state index is 13.7. The molecule has 15 heavy (non-hydrogen) atoms. The SMILES string of the molecule is Cc1ccc(SC2(F)COC(=O)O2)cc1. The number of thioether (sulfide) groups is 1. The minimum atomic E-state index is -2.09. The Kier molecular flexibility index (Phi) is 2.56. The van der Waals surface area contributed by atoms with Crippen molar-refractivity contribution in [3.8, 4) is 0 Å². The van der Waals surface area contributed by atoms with Gasteiger partial charge in [0, 0.05) is 4.90 Å². The molecule has 0 radical (unpaired) electrons. The highest BCUT2D eigenvalue weighted by Crippen LogP contribution is 2.39. The molecule has 1 aliphatic rings. The lowest BCUT2D eigenvalue weighted by Gasteiger charge is -2.13. The van der Waals surface area contributed by atoms with Crippen LogP contribution in [0.2, 0.25) is 0 Å². The van der Waals surface area contributed by atoms with Crippen molar-refractivity contribution in [3.05, 3.63) is 29.8 Å². The van der Waals surface area contributed by atoms with Crippen LogP contribution >= 0.6 is 11.8 Å². The fraction of sp³-hybridized carbons (Fsp3) is 0.300. The van der Waals surface area contributed by atoms with Gasteiger partial charge in [0.2, 0.25) is 0 Å². The Morgan fingerprint density at radius 2 is 2.07 bits per heavy atom. The number of carbonyl (C=O) groups excluding carboxylic acids is 1. The topological polar surface area (TPSA) is 35.5 Å². The van der Waals surface area contributed by atoms with E-state index in [9.17, 15) is 9.18 Å². The first-order chi connectivity index (χ1) is 7.07. The molecular weight excluding hydrogens is 219 g/mol. The van der Waals surface area contributed by atoms with Gasteiger partial charge in [-0.25, -0.2) is 4.79 Å². The molecular formula is C10H9FO3S. The average molecular weight is 228 g/mol. The minimum Gasteiger partial charge on any atom is -0.426 e. The van der Waals surface area contributed by atoms with Gasteiger partial charge in [0.1, 0.15) is 0 Å². The summed E-state index contributed by atoms with van der Waals surface area (Å²) in [6, 6.07) is 7.27. The minimum absolute atomic E-state index is 0.371. The van der Waals surface area contributed by atoms with Gasteiger partial charge in [-0.05, 0) is 30.8 Å². The average Bonchev–Trinajstić information content (AvgIpc) is 2.50. The van der Waals surface area contributed by atoms with Crippen LogP contribution in [0.5, 0.6) is 0 Å². The molecule has 0 saturated carbocycles. The maximum Gasteiger partial charge on any atom is 0.512 e. The first-order valence-corrected chi connectivity index (χ1v) is 5.19. The number of alkyl halides is 1. The molecule has 1 unspecified atom stereocenters. The fourth-order valence-corrected chi connectivity index (χ4v) is 2.01. The Hall–Kier alpha value is -1.23. The largest absolute Gasteiger partial charge is 0.512 e. The highest BCUT2D eigenvalue weighted by molar-refractivity contribution is 8.00. The number of benzene rings is 1. The monoisotopic (exact) mass is 228 g/mol. The third kappa shape index (κ3) is 2.41. The van der Waals surface area contributed by atoms with Gasteiger partial charge < -0.3 is 9.47 Å². The zero-order valence-corrected chi connectivity index (χ0v) is 8.84. The van der Waals surface area contributed by atoms with E-state index in [-0.39, 0.29) is 6.61 Å². The summed E-state index contributed by atoms with van der Waals surface area (Å²) < 4.78 is 22.6. The third-order valence-corrected chi connectivity index (χ3v) is 2.90. The molecule has 1 atom stereocenters. The van der Waals surface area contributed by atoms with Crippen molar-refractivity contribution in [1.82, 2.24) is 0 Å². The molecule has 0 amide bonds. The van der Waals surface area contributed by atoms with Gasteiger partial charge in [-0.3, -0.25) is 0 Å². The molecule has 0 spiro atoms. The zero-order valence-electron chi connectivity index (χ0n) is 8.03. The Morgan fingerprint density at radius 3 is 2.60 bits per heavy atom. The van der Waals surface area contributed by atoms with Crippen LogP contribution in [-0.2, 0) is 9.47 Å². The Balaban J connectivity index is 2.08. The summed E-state index contributed by atoms with van der Waals surface area (Å²) in [5.74, 6) is 0. The van der Waals surface area contributed by atoms with Gasteiger partial charge in [0.05, 0.1) is 0 Å². The lowest BCUT2D eigenvalue weighted by molar-refractivity contribution is 0.0260. The van der Waals surface area contributed by atoms with Gasteiger partial charge >= 0.3 is 11.3 Å². The maximum atomic E-state index is 13.7. The molecule has 1 fully saturated rings. The Morgan fingerprint density at radius 1 is 1.40 bits per heavy atom. The van der Waals surface area contributed by atoms with E-state index in [1.165, 1.54) is 0 Å². The lowest BCUT2D eigenvalue weighted by Crippen LogP contribution is -2.20. The first kappa shape index (κ1) is 10.3. The Bertz CT molecular complexity index is 379. The second-order valence-electron chi connectivity index (χ2n) is 3.22. The molecule has 1 aliphatic heterocycles.